The van der Waals surface area contributed by atoms with E-state index in [0.29, 0.717) is 5.92 Å². The Balaban J connectivity index is 2.01. The molecule has 26 heavy (non-hydrogen) atoms. The molecule has 1 aromatic heterocycles. The highest BCUT2D eigenvalue weighted by molar-refractivity contribution is 6.82. The van der Waals surface area contributed by atoms with Gasteiger partial charge in [0, 0.05) is 23.2 Å². The van der Waals surface area contributed by atoms with Gasteiger partial charge in [-0.2, -0.15) is 0 Å². The first-order valence-electron chi connectivity index (χ1n) is 9.41. The lowest BCUT2D eigenvalue weighted by molar-refractivity contribution is -0.627. The summed E-state index contributed by atoms with van der Waals surface area (Å²) in [5, 5.41) is 4.01. The van der Waals surface area contributed by atoms with Crippen molar-refractivity contribution in [3.8, 4) is 0 Å². The van der Waals surface area contributed by atoms with Crippen LogP contribution < -0.4 is 20.6 Å². The number of nitrogens with zero attached hydrogens (tertiary/aromatic N) is 2. The second-order valence-corrected chi connectivity index (χ2v) is 7.65. The van der Waals surface area contributed by atoms with Crippen molar-refractivity contribution in [2.24, 2.45) is 7.05 Å². The molecule has 0 N–H and O–H groups in total. The summed E-state index contributed by atoms with van der Waals surface area (Å²) in [5.74, 6) is 2.89. The summed E-state index contributed by atoms with van der Waals surface area (Å²) in [6, 6.07) is 19.9. The van der Waals surface area contributed by atoms with Gasteiger partial charge in [-0.15, -0.1) is 0 Å². The summed E-state index contributed by atoms with van der Waals surface area (Å²) in [7, 11) is 4.40. The molecule has 0 amide bonds. The zero-order valence-electron chi connectivity index (χ0n) is 16.3. The predicted octanol–water partition coefficient (Wildman–Crippen LogP) is 2.08. The fourth-order valence-electron chi connectivity index (χ4n) is 4.18. The molecule has 2 nitrogen and oxygen atoms in total. The normalized spacial score (nSPS) is 14.0. The molecule has 3 heteroatoms. The molecule has 2 aromatic carbocycles. The minimum absolute atomic E-state index is 0.233. The van der Waals surface area contributed by atoms with Gasteiger partial charge in [-0.1, -0.05) is 56.2 Å². The molecule has 0 fully saturated rings. The number of aromatic nitrogens is 1. The van der Waals surface area contributed by atoms with Crippen molar-refractivity contribution in [2.45, 2.75) is 26.7 Å². The van der Waals surface area contributed by atoms with Gasteiger partial charge in [0.15, 0.2) is 5.59 Å². The Kier molecular flexibility index (Phi) is 4.10. The molecule has 130 valence electrons. The molecule has 0 spiro atoms. The lowest BCUT2D eigenvalue weighted by Crippen LogP contribution is -2.62. The lowest BCUT2D eigenvalue weighted by Gasteiger charge is -2.28. The predicted molar refractivity (Wildman–Crippen MR) is 112 cm³/mol. The van der Waals surface area contributed by atoms with Gasteiger partial charge in [-0.25, -0.2) is 4.57 Å². The van der Waals surface area contributed by atoms with Crippen LogP contribution in [-0.4, -0.2) is 18.7 Å². The van der Waals surface area contributed by atoms with Crippen molar-refractivity contribution >= 4 is 35.0 Å². The van der Waals surface area contributed by atoms with Crippen LogP contribution in [0.25, 0.3) is 22.6 Å². The van der Waals surface area contributed by atoms with E-state index in [4.69, 9.17) is 0 Å². The van der Waals surface area contributed by atoms with E-state index in [9.17, 15) is 0 Å². The number of hydrogen-bond donors (Lipinski definition) is 0. The summed E-state index contributed by atoms with van der Waals surface area (Å²) in [6.45, 7) is 7.03. The molecule has 0 aliphatic carbocycles. The molecule has 0 saturated heterocycles. The highest BCUT2D eigenvalue weighted by Crippen LogP contribution is 2.22. The summed E-state index contributed by atoms with van der Waals surface area (Å²) in [6.07, 6.45) is 0. The maximum atomic E-state index is 2.41. The quantitative estimate of drug-likeness (QED) is 0.511. The van der Waals surface area contributed by atoms with Gasteiger partial charge in [-0.05, 0) is 42.0 Å². The molecule has 1 aliphatic rings. The smallest absolute Gasteiger partial charge is 0.396 e. The Morgan fingerprint density at radius 3 is 2.46 bits per heavy atom. The zero-order valence-corrected chi connectivity index (χ0v) is 16.3. The SMILES string of the molecule is CC1=c2ccccc2=CB(c2cc(C(C)C)c3ccccc3[n+]2C)N1C. The van der Waals surface area contributed by atoms with E-state index < -0.39 is 0 Å². The topological polar surface area (TPSA) is 7.12 Å². The maximum Gasteiger partial charge on any atom is 0.396 e. The Morgan fingerprint density at radius 2 is 1.69 bits per heavy atom. The molecule has 0 radical (unpaired) electrons. The molecule has 0 bridgehead atoms. The van der Waals surface area contributed by atoms with Crippen LogP contribution in [0.2, 0.25) is 0 Å². The summed E-state index contributed by atoms with van der Waals surface area (Å²) >= 11 is 0. The molecular weight excluding hydrogens is 315 g/mol. The van der Waals surface area contributed by atoms with Gasteiger partial charge in [-0.3, -0.25) is 0 Å². The maximum absolute atomic E-state index is 2.41. The molecule has 4 rings (SSSR count). The number of para-hydroxylation sites is 1. The van der Waals surface area contributed by atoms with E-state index >= 15 is 0 Å². The lowest BCUT2D eigenvalue weighted by atomic mass is 9.54. The first-order chi connectivity index (χ1) is 12.5. The van der Waals surface area contributed by atoms with Crippen molar-refractivity contribution in [3.05, 3.63) is 70.6 Å². The zero-order chi connectivity index (χ0) is 18.4. The molecule has 3 aromatic rings. The molecule has 2 heterocycles. The Hall–Kier alpha value is -2.55. The van der Waals surface area contributed by atoms with E-state index in [0.717, 1.165) is 0 Å². The van der Waals surface area contributed by atoms with Crippen LogP contribution in [0.15, 0.2) is 54.6 Å². The molecule has 0 atom stereocenters. The van der Waals surface area contributed by atoms with Crippen molar-refractivity contribution < 1.29 is 4.57 Å². The highest BCUT2D eigenvalue weighted by Gasteiger charge is 2.33. The van der Waals surface area contributed by atoms with Crippen LogP contribution in [0, 0.1) is 0 Å². The third-order valence-corrected chi connectivity index (χ3v) is 5.83. The Labute approximate surface area is 156 Å². The number of aryl methyl sites for hydroxylation is 1. The minimum Gasteiger partial charge on any atom is -0.408 e. The number of hydrogen-bond acceptors (Lipinski definition) is 1. The van der Waals surface area contributed by atoms with Crippen molar-refractivity contribution in [1.82, 2.24) is 4.81 Å². The summed E-state index contributed by atoms with van der Waals surface area (Å²) in [4.78, 5) is 2.40. The molecular formula is C23H26BN2+. The van der Waals surface area contributed by atoms with Gasteiger partial charge >= 0.3 is 6.85 Å². The van der Waals surface area contributed by atoms with Crippen LogP contribution in [0.3, 0.4) is 0 Å². The van der Waals surface area contributed by atoms with Crippen LogP contribution in [0.5, 0.6) is 0 Å². The average Bonchev–Trinajstić information content (AvgIpc) is 2.65. The van der Waals surface area contributed by atoms with Crippen LogP contribution in [-0.2, 0) is 7.05 Å². The first-order valence-corrected chi connectivity index (χ1v) is 9.41. The number of rotatable bonds is 2. The van der Waals surface area contributed by atoms with Crippen molar-refractivity contribution in [2.75, 3.05) is 7.05 Å². The van der Waals surface area contributed by atoms with E-state index in [1.807, 2.05) is 0 Å². The van der Waals surface area contributed by atoms with Crippen LogP contribution in [0.1, 0.15) is 32.3 Å². The van der Waals surface area contributed by atoms with Crippen LogP contribution in [0.4, 0.5) is 0 Å². The van der Waals surface area contributed by atoms with Crippen molar-refractivity contribution in [1.29, 1.82) is 0 Å². The monoisotopic (exact) mass is 341 g/mol. The first kappa shape index (κ1) is 16.9. The fraction of sp³-hybridized carbons (Fsp3) is 0.261. The van der Waals surface area contributed by atoms with E-state index in [2.05, 4.69) is 105 Å². The average molecular weight is 341 g/mol. The fourth-order valence-corrected chi connectivity index (χ4v) is 4.18. The molecule has 0 saturated carbocycles. The highest BCUT2D eigenvalue weighted by atomic mass is 15.1. The third-order valence-electron chi connectivity index (χ3n) is 5.83. The second kappa shape index (κ2) is 6.32. The van der Waals surface area contributed by atoms with Crippen LogP contribution >= 0.6 is 0 Å². The third kappa shape index (κ3) is 2.54. The Morgan fingerprint density at radius 1 is 1.00 bits per heavy atom. The minimum atomic E-state index is 0.233. The van der Waals surface area contributed by atoms with Gasteiger partial charge in [0.05, 0.1) is 0 Å². The van der Waals surface area contributed by atoms with E-state index in [-0.39, 0.29) is 6.85 Å². The summed E-state index contributed by atoms with van der Waals surface area (Å²) < 4.78 is 2.36. The number of pyridine rings is 1. The number of benzene rings is 2. The Bertz CT molecular complexity index is 1110. The van der Waals surface area contributed by atoms with Gasteiger partial charge in [0.25, 0.3) is 0 Å². The van der Waals surface area contributed by atoms with Gasteiger partial charge in [0.1, 0.15) is 7.05 Å². The summed E-state index contributed by atoms with van der Waals surface area (Å²) in [5.41, 5.74) is 5.38. The largest absolute Gasteiger partial charge is 0.408 e. The van der Waals surface area contributed by atoms with Gasteiger partial charge < -0.3 is 4.81 Å². The van der Waals surface area contributed by atoms with Crippen molar-refractivity contribution in [3.63, 3.8) is 0 Å². The number of fused-ring (bicyclic) bond motifs is 2. The molecule has 1 aliphatic heterocycles. The molecule has 0 unspecified atom stereocenters. The van der Waals surface area contributed by atoms with E-state index in [1.165, 1.54) is 38.2 Å². The van der Waals surface area contributed by atoms with Gasteiger partial charge in [0.2, 0.25) is 5.52 Å². The second-order valence-electron chi connectivity index (χ2n) is 7.65. The standard InChI is InChI=1S/C23H26BN2/c1-16(2)21-14-23(25(4)22-13-9-8-12-20(21)22)24-15-18-10-6-7-11-19(18)17(3)26(24)5/h6-16H,1-5H3/q+1. The van der Waals surface area contributed by atoms with E-state index in [1.54, 1.807) is 0 Å².